The Morgan fingerprint density at radius 3 is 2.38 bits per heavy atom. The van der Waals surface area contributed by atoms with Gasteiger partial charge in [0.15, 0.2) is 0 Å². The van der Waals surface area contributed by atoms with Gasteiger partial charge in [0.2, 0.25) is 0 Å². The highest BCUT2D eigenvalue weighted by Crippen LogP contribution is 2.12. The first-order valence-corrected chi connectivity index (χ1v) is 4.44. The fourth-order valence-electron chi connectivity index (χ4n) is 0.873. The quantitative estimate of drug-likeness (QED) is 0.623. The van der Waals surface area contributed by atoms with E-state index in [0.717, 1.165) is 0 Å². The van der Waals surface area contributed by atoms with Crippen molar-refractivity contribution < 1.29 is 14.6 Å². The maximum Gasteiger partial charge on any atom is 0.310 e. The number of esters is 1. The molecule has 0 rings (SSSR count). The van der Waals surface area contributed by atoms with Crippen molar-refractivity contribution in [2.45, 2.75) is 32.8 Å². The lowest BCUT2D eigenvalue weighted by Gasteiger charge is -2.22. The molecule has 0 saturated carbocycles. The summed E-state index contributed by atoms with van der Waals surface area (Å²) < 4.78 is 5.11. The van der Waals surface area contributed by atoms with E-state index in [9.17, 15) is 4.79 Å². The molecule has 0 aliphatic carbocycles. The van der Waals surface area contributed by atoms with Crippen LogP contribution < -0.4 is 5.73 Å². The molecular weight excluding hydrogens is 170 g/mol. The van der Waals surface area contributed by atoms with E-state index < -0.39 is 5.60 Å². The van der Waals surface area contributed by atoms with E-state index in [-0.39, 0.29) is 25.0 Å². The van der Waals surface area contributed by atoms with E-state index in [0.29, 0.717) is 6.42 Å². The first-order valence-electron chi connectivity index (χ1n) is 4.44. The van der Waals surface area contributed by atoms with Crippen LogP contribution in [0, 0.1) is 5.92 Å². The van der Waals surface area contributed by atoms with Gasteiger partial charge in [-0.1, -0.05) is 0 Å². The van der Waals surface area contributed by atoms with E-state index in [1.165, 1.54) is 0 Å². The van der Waals surface area contributed by atoms with Crippen LogP contribution in [0.4, 0.5) is 0 Å². The average molecular weight is 189 g/mol. The first kappa shape index (κ1) is 12.4. The average Bonchev–Trinajstić information content (AvgIpc) is 1.96. The summed E-state index contributed by atoms with van der Waals surface area (Å²) in [7, 11) is 0. The number of nitrogens with two attached hydrogens (primary N) is 1. The Kier molecular flexibility index (Phi) is 4.95. The second-order valence-electron chi connectivity index (χ2n) is 3.98. The molecule has 0 spiro atoms. The molecule has 0 radical (unpaired) electrons. The van der Waals surface area contributed by atoms with Crippen molar-refractivity contribution in [2.24, 2.45) is 11.7 Å². The summed E-state index contributed by atoms with van der Waals surface area (Å²) in [6.45, 7) is 5.59. The topological polar surface area (TPSA) is 72.5 Å². The van der Waals surface area contributed by atoms with E-state index in [2.05, 4.69) is 0 Å². The molecule has 0 aromatic carbocycles. The van der Waals surface area contributed by atoms with Crippen LogP contribution in [-0.2, 0) is 9.53 Å². The molecule has 3 N–H and O–H groups in total. The Labute approximate surface area is 79.1 Å². The van der Waals surface area contributed by atoms with E-state index in [1.54, 1.807) is 20.8 Å². The molecule has 0 heterocycles. The highest BCUT2D eigenvalue weighted by Gasteiger charge is 2.23. The molecule has 1 atom stereocenters. The molecule has 0 aromatic rings. The van der Waals surface area contributed by atoms with Gasteiger partial charge < -0.3 is 15.6 Å². The lowest BCUT2D eigenvalue weighted by Crippen LogP contribution is -2.32. The molecule has 0 aliphatic rings. The van der Waals surface area contributed by atoms with Crippen LogP contribution in [0.25, 0.3) is 0 Å². The van der Waals surface area contributed by atoms with Crippen LogP contribution in [0.15, 0.2) is 0 Å². The van der Waals surface area contributed by atoms with Crippen LogP contribution >= 0.6 is 0 Å². The fraction of sp³-hybridized carbons (Fsp3) is 0.889. The molecule has 4 nitrogen and oxygen atoms in total. The Balaban J connectivity index is 4.06. The summed E-state index contributed by atoms with van der Waals surface area (Å²) in [5, 5.41) is 8.65. The normalized spacial score (nSPS) is 13.9. The number of carbonyl (C=O) groups excluding carboxylic acids is 1. The zero-order chi connectivity index (χ0) is 10.5. The summed E-state index contributed by atoms with van der Waals surface area (Å²) in [4.78, 5) is 11.4. The predicted octanol–water partition coefficient (Wildman–Crippen LogP) is 0.285. The number of carbonyl (C=O) groups is 1. The van der Waals surface area contributed by atoms with E-state index in [1.807, 2.05) is 0 Å². The number of aliphatic hydroxyl groups is 1. The van der Waals surface area contributed by atoms with E-state index in [4.69, 9.17) is 15.6 Å². The molecule has 0 amide bonds. The Bertz CT molecular complexity index is 163. The number of rotatable bonds is 4. The summed E-state index contributed by atoms with van der Waals surface area (Å²) in [5.74, 6) is -0.715. The molecule has 4 heteroatoms. The van der Waals surface area contributed by atoms with Crippen LogP contribution in [0.2, 0.25) is 0 Å². The van der Waals surface area contributed by atoms with Crippen molar-refractivity contribution in [1.82, 2.24) is 0 Å². The van der Waals surface area contributed by atoms with Crippen molar-refractivity contribution in [2.75, 3.05) is 13.2 Å². The molecule has 0 aromatic heterocycles. The summed E-state index contributed by atoms with van der Waals surface area (Å²) in [6, 6.07) is 0. The highest BCUT2D eigenvalue weighted by atomic mass is 16.6. The number of aliphatic hydroxyl groups excluding tert-OH is 1. The van der Waals surface area contributed by atoms with Gasteiger partial charge in [0, 0.05) is 13.2 Å². The summed E-state index contributed by atoms with van der Waals surface area (Å²) in [5.41, 5.74) is 4.88. The Hall–Kier alpha value is -0.610. The molecule has 0 fully saturated rings. The minimum Gasteiger partial charge on any atom is -0.460 e. The smallest absolute Gasteiger partial charge is 0.310 e. The Morgan fingerprint density at radius 1 is 1.54 bits per heavy atom. The summed E-state index contributed by atoms with van der Waals surface area (Å²) in [6.07, 6.45) is 0.366. The molecule has 1 unspecified atom stereocenters. The van der Waals surface area contributed by atoms with E-state index >= 15 is 0 Å². The molecule has 0 aliphatic heterocycles. The number of hydrogen-bond donors (Lipinski definition) is 2. The number of ether oxygens (including phenoxy) is 1. The minimum atomic E-state index is -0.486. The van der Waals surface area contributed by atoms with Crippen molar-refractivity contribution in [3.05, 3.63) is 0 Å². The zero-order valence-electron chi connectivity index (χ0n) is 8.54. The van der Waals surface area contributed by atoms with Gasteiger partial charge in [0.25, 0.3) is 0 Å². The lowest BCUT2D eigenvalue weighted by molar-refractivity contribution is -0.160. The van der Waals surface area contributed by atoms with Crippen molar-refractivity contribution in [3.8, 4) is 0 Å². The largest absolute Gasteiger partial charge is 0.460 e. The van der Waals surface area contributed by atoms with Gasteiger partial charge in [-0.2, -0.15) is 0 Å². The van der Waals surface area contributed by atoms with Gasteiger partial charge in [-0.3, -0.25) is 4.79 Å². The van der Waals surface area contributed by atoms with Crippen molar-refractivity contribution in [3.63, 3.8) is 0 Å². The monoisotopic (exact) mass is 189 g/mol. The zero-order valence-corrected chi connectivity index (χ0v) is 8.54. The summed E-state index contributed by atoms with van der Waals surface area (Å²) >= 11 is 0. The van der Waals surface area contributed by atoms with Crippen LogP contribution in [0.5, 0.6) is 0 Å². The van der Waals surface area contributed by atoms with Gasteiger partial charge in [-0.05, 0) is 27.2 Å². The molecule has 0 saturated heterocycles. The molecule has 0 bridgehead atoms. The maximum atomic E-state index is 11.4. The van der Waals surface area contributed by atoms with Crippen LogP contribution in [0.3, 0.4) is 0 Å². The SMILES string of the molecule is CC(C)(C)OC(=O)C(CN)CCO. The third kappa shape index (κ3) is 5.60. The first-order chi connectivity index (χ1) is 5.90. The number of hydrogen-bond acceptors (Lipinski definition) is 4. The van der Waals surface area contributed by atoms with Gasteiger partial charge in [0.1, 0.15) is 5.60 Å². The van der Waals surface area contributed by atoms with Gasteiger partial charge >= 0.3 is 5.97 Å². The fourth-order valence-corrected chi connectivity index (χ4v) is 0.873. The Morgan fingerprint density at radius 2 is 2.08 bits per heavy atom. The van der Waals surface area contributed by atoms with Gasteiger partial charge in [-0.15, -0.1) is 0 Å². The highest BCUT2D eigenvalue weighted by molar-refractivity contribution is 5.73. The second kappa shape index (κ2) is 5.19. The van der Waals surface area contributed by atoms with Crippen molar-refractivity contribution in [1.29, 1.82) is 0 Å². The second-order valence-corrected chi connectivity index (χ2v) is 3.98. The molecule has 78 valence electrons. The third-order valence-corrected chi connectivity index (χ3v) is 1.50. The molecular formula is C9H19NO3. The van der Waals surface area contributed by atoms with Crippen LogP contribution in [-0.4, -0.2) is 29.8 Å². The third-order valence-electron chi connectivity index (χ3n) is 1.50. The van der Waals surface area contributed by atoms with Crippen LogP contribution in [0.1, 0.15) is 27.2 Å². The standard InChI is InChI=1S/C9H19NO3/c1-9(2,3)13-8(12)7(6-10)4-5-11/h7,11H,4-6,10H2,1-3H3. The minimum absolute atomic E-state index is 0.0406. The van der Waals surface area contributed by atoms with Crippen molar-refractivity contribution >= 4 is 5.97 Å². The lowest BCUT2D eigenvalue weighted by atomic mass is 10.1. The van der Waals surface area contributed by atoms with Gasteiger partial charge in [0.05, 0.1) is 5.92 Å². The maximum absolute atomic E-state index is 11.4. The molecule has 13 heavy (non-hydrogen) atoms. The van der Waals surface area contributed by atoms with Gasteiger partial charge in [-0.25, -0.2) is 0 Å². The predicted molar refractivity (Wildman–Crippen MR) is 50.1 cm³/mol.